The molecule has 0 saturated carbocycles. The summed E-state index contributed by atoms with van der Waals surface area (Å²) in [5.74, 6) is -0.967. The monoisotopic (exact) mass is 344 g/mol. The van der Waals surface area contributed by atoms with Gasteiger partial charge in [0.25, 0.3) is 5.91 Å². The Morgan fingerprint density at radius 1 is 1.16 bits per heavy atom. The minimum Gasteiger partial charge on any atom is -0.491 e. The maximum atomic E-state index is 12.4. The Morgan fingerprint density at radius 3 is 2.60 bits per heavy atom. The number of amides is 1. The number of aryl methyl sites for hydroxylation is 1. The number of rotatable bonds is 8. The number of aromatic nitrogens is 1. The lowest BCUT2D eigenvalue weighted by molar-refractivity contribution is 0.0695. The maximum absolute atomic E-state index is 12.4. The molecule has 25 heavy (non-hydrogen) atoms. The van der Waals surface area contributed by atoms with Crippen LogP contribution < -0.4 is 10.1 Å². The van der Waals surface area contributed by atoms with E-state index in [0.29, 0.717) is 24.7 Å². The Hall–Kier alpha value is -2.93. The average Bonchev–Trinajstić information content (AvgIpc) is 2.59. The Morgan fingerprint density at radius 2 is 1.92 bits per heavy atom. The molecule has 2 rings (SSSR count). The molecule has 0 fully saturated rings. The highest BCUT2D eigenvalue weighted by molar-refractivity contribution is 6.04. The van der Waals surface area contributed by atoms with Gasteiger partial charge in [-0.1, -0.05) is 12.1 Å². The average molecular weight is 344 g/mol. The van der Waals surface area contributed by atoms with Gasteiger partial charge in [-0.2, -0.15) is 0 Å². The normalized spacial score (nSPS) is 10.3. The van der Waals surface area contributed by atoms with Crippen molar-refractivity contribution in [2.45, 2.75) is 13.3 Å². The largest absolute Gasteiger partial charge is 0.491 e. The number of nitrogens with one attached hydrogen (secondary N) is 1. The van der Waals surface area contributed by atoms with Crippen LogP contribution in [0.2, 0.25) is 0 Å². The summed E-state index contributed by atoms with van der Waals surface area (Å²) in [6.45, 7) is 2.60. The van der Waals surface area contributed by atoms with E-state index in [1.54, 1.807) is 32.2 Å². The molecule has 7 heteroatoms. The second kappa shape index (κ2) is 8.79. The number of pyridine rings is 1. The van der Waals surface area contributed by atoms with E-state index < -0.39 is 11.9 Å². The molecule has 0 atom stereocenters. The molecule has 2 N–H and O–H groups in total. The number of hydrogen-bond acceptors (Lipinski definition) is 5. The van der Waals surface area contributed by atoms with Gasteiger partial charge in [-0.15, -0.1) is 0 Å². The number of carbonyl (C=O) groups excluding carboxylic acids is 1. The highest BCUT2D eigenvalue weighted by Crippen LogP contribution is 2.24. The van der Waals surface area contributed by atoms with Crippen molar-refractivity contribution in [3.63, 3.8) is 0 Å². The number of para-hydroxylation sites is 2. The fourth-order valence-electron chi connectivity index (χ4n) is 2.18. The van der Waals surface area contributed by atoms with Crippen molar-refractivity contribution in [1.29, 1.82) is 0 Å². The first kappa shape index (κ1) is 18.4. The highest BCUT2D eigenvalue weighted by Gasteiger charge is 2.14. The van der Waals surface area contributed by atoms with Gasteiger partial charge < -0.3 is 19.9 Å². The third-order valence-corrected chi connectivity index (χ3v) is 3.43. The molecule has 1 heterocycles. The predicted molar refractivity (Wildman–Crippen MR) is 92.3 cm³/mol. The third kappa shape index (κ3) is 5.02. The quantitative estimate of drug-likeness (QED) is 0.715. The van der Waals surface area contributed by atoms with Crippen LogP contribution in [0.3, 0.4) is 0 Å². The molecule has 0 unspecified atom stereocenters. The van der Waals surface area contributed by atoms with Crippen molar-refractivity contribution in [2.75, 3.05) is 25.6 Å². The van der Waals surface area contributed by atoms with Crippen LogP contribution >= 0.6 is 0 Å². The number of nitrogens with zero attached hydrogens (tertiary/aromatic N) is 1. The standard InChI is InChI=1S/C18H20N2O5/c1-12-13(18(22)23)8-9-15(19-12)17(21)20-14-6-3-4-7-16(14)25-11-5-10-24-2/h3-4,6-9H,5,10-11H2,1-2H3,(H,20,21)(H,22,23). The lowest BCUT2D eigenvalue weighted by atomic mass is 10.2. The second-order valence-electron chi connectivity index (χ2n) is 5.28. The first-order valence-corrected chi connectivity index (χ1v) is 7.76. The summed E-state index contributed by atoms with van der Waals surface area (Å²) in [6, 6.07) is 9.83. The van der Waals surface area contributed by atoms with Crippen LogP contribution in [0.15, 0.2) is 36.4 Å². The highest BCUT2D eigenvalue weighted by atomic mass is 16.5. The number of anilines is 1. The Kier molecular flexibility index (Phi) is 6.47. The van der Waals surface area contributed by atoms with E-state index in [1.807, 2.05) is 6.07 Å². The molecular formula is C18H20N2O5. The molecule has 0 spiro atoms. The van der Waals surface area contributed by atoms with Crippen molar-refractivity contribution in [2.24, 2.45) is 0 Å². The maximum Gasteiger partial charge on any atom is 0.337 e. The molecule has 0 aliphatic carbocycles. The van der Waals surface area contributed by atoms with Gasteiger partial charge in [0.2, 0.25) is 0 Å². The SMILES string of the molecule is COCCCOc1ccccc1NC(=O)c1ccc(C(=O)O)c(C)n1. The molecule has 2 aromatic rings. The molecule has 0 aliphatic rings. The van der Waals surface area contributed by atoms with Crippen molar-refractivity contribution in [3.05, 3.63) is 53.3 Å². The van der Waals surface area contributed by atoms with Gasteiger partial charge >= 0.3 is 5.97 Å². The zero-order chi connectivity index (χ0) is 18.2. The minimum atomic E-state index is -1.08. The van der Waals surface area contributed by atoms with Gasteiger partial charge in [0.05, 0.1) is 23.6 Å². The smallest absolute Gasteiger partial charge is 0.337 e. The minimum absolute atomic E-state index is 0.0680. The number of carbonyl (C=O) groups is 2. The van der Waals surface area contributed by atoms with E-state index >= 15 is 0 Å². The lowest BCUT2D eigenvalue weighted by Crippen LogP contribution is -2.16. The summed E-state index contributed by atoms with van der Waals surface area (Å²) in [7, 11) is 1.62. The zero-order valence-electron chi connectivity index (χ0n) is 14.1. The van der Waals surface area contributed by atoms with Gasteiger partial charge in [-0.25, -0.2) is 9.78 Å². The van der Waals surface area contributed by atoms with Gasteiger partial charge in [0.15, 0.2) is 0 Å². The number of ether oxygens (including phenoxy) is 2. The van der Waals surface area contributed by atoms with Crippen LogP contribution in [-0.2, 0) is 4.74 Å². The van der Waals surface area contributed by atoms with E-state index in [-0.39, 0.29) is 17.0 Å². The number of hydrogen-bond donors (Lipinski definition) is 2. The molecule has 0 bridgehead atoms. The van der Waals surface area contributed by atoms with Crippen molar-refractivity contribution in [3.8, 4) is 5.75 Å². The zero-order valence-corrected chi connectivity index (χ0v) is 14.1. The lowest BCUT2D eigenvalue weighted by Gasteiger charge is -2.12. The van der Waals surface area contributed by atoms with Crippen LogP contribution in [0.5, 0.6) is 5.75 Å². The molecule has 1 aromatic heterocycles. The Bertz CT molecular complexity index is 761. The summed E-state index contributed by atoms with van der Waals surface area (Å²) in [4.78, 5) is 27.5. The van der Waals surface area contributed by atoms with Crippen LogP contribution in [0.25, 0.3) is 0 Å². The van der Waals surface area contributed by atoms with Gasteiger partial charge in [0.1, 0.15) is 11.4 Å². The molecule has 1 aromatic carbocycles. The fraction of sp³-hybridized carbons (Fsp3) is 0.278. The van der Waals surface area contributed by atoms with Gasteiger partial charge in [-0.3, -0.25) is 4.79 Å². The van der Waals surface area contributed by atoms with Crippen LogP contribution in [0.1, 0.15) is 33.0 Å². The summed E-state index contributed by atoms with van der Waals surface area (Å²) in [5, 5.41) is 11.8. The Balaban J connectivity index is 2.10. The number of methoxy groups -OCH3 is 1. The van der Waals surface area contributed by atoms with Gasteiger partial charge in [0, 0.05) is 20.1 Å². The summed E-state index contributed by atoms with van der Waals surface area (Å²) >= 11 is 0. The number of carboxylic acid groups (broad SMARTS) is 1. The van der Waals surface area contributed by atoms with E-state index in [1.165, 1.54) is 12.1 Å². The van der Waals surface area contributed by atoms with E-state index in [2.05, 4.69) is 10.3 Å². The van der Waals surface area contributed by atoms with E-state index in [0.717, 1.165) is 6.42 Å². The Labute approximate surface area is 145 Å². The number of aromatic carboxylic acids is 1. The third-order valence-electron chi connectivity index (χ3n) is 3.43. The van der Waals surface area contributed by atoms with Crippen LogP contribution in [0.4, 0.5) is 5.69 Å². The molecule has 0 aliphatic heterocycles. The van der Waals surface area contributed by atoms with Crippen LogP contribution in [-0.4, -0.2) is 42.3 Å². The van der Waals surface area contributed by atoms with Crippen molar-refractivity contribution in [1.82, 2.24) is 4.98 Å². The second-order valence-corrected chi connectivity index (χ2v) is 5.28. The molecular weight excluding hydrogens is 324 g/mol. The molecule has 0 saturated heterocycles. The number of benzene rings is 1. The molecule has 1 amide bonds. The molecule has 132 valence electrons. The number of carboxylic acids is 1. The van der Waals surface area contributed by atoms with Gasteiger partial charge in [-0.05, 0) is 31.2 Å². The van der Waals surface area contributed by atoms with Crippen molar-refractivity contribution >= 4 is 17.6 Å². The first-order chi connectivity index (χ1) is 12.0. The molecule has 0 radical (unpaired) electrons. The summed E-state index contributed by atoms with van der Waals surface area (Å²) < 4.78 is 10.6. The first-order valence-electron chi connectivity index (χ1n) is 7.76. The van der Waals surface area contributed by atoms with E-state index in [4.69, 9.17) is 14.6 Å². The summed E-state index contributed by atoms with van der Waals surface area (Å²) in [6.07, 6.45) is 0.732. The van der Waals surface area contributed by atoms with E-state index in [9.17, 15) is 9.59 Å². The van der Waals surface area contributed by atoms with Crippen molar-refractivity contribution < 1.29 is 24.2 Å². The van der Waals surface area contributed by atoms with Crippen LogP contribution in [0, 0.1) is 6.92 Å². The topological polar surface area (TPSA) is 97.8 Å². The predicted octanol–water partition coefficient (Wildman–Crippen LogP) is 2.76. The fourth-order valence-corrected chi connectivity index (χ4v) is 2.18. The molecule has 7 nitrogen and oxygen atoms in total. The summed E-state index contributed by atoms with van der Waals surface area (Å²) in [5.41, 5.74) is 1.01.